The molecular formula is C20H22N2O3S2. The molecule has 0 atom stereocenters. The molecule has 0 radical (unpaired) electrons. The van der Waals surface area contributed by atoms with Crippen molar-refractivity contribution in [1.82, 2.24) is 9.71 Å². The van der Waals surface area contributed by atoms with Gasteiger partial charge in [-0.2, -0.15) is 0 Å². The number of nitrogens with one attached hydrogen (secondary N) is 1. The lowest BCUT2D eigenvalue weighted by Crippen LogP contribution is -2.23. The maximum absolute atomic E-state index is 12.6. The van der Waals surface area contributed by atoms with Crippen LogP contribution in [0.15, 0.2) is 47.4 Å². The minimum Gasteiger partial charge on any atom is -0.496 e. The van der Waals surface area contributed by atoms with E-state index in [1.165, 1.54) is 11.3 Å². The Balaban J connectivity index is 1.80. The van der Waals surface area contributed by atoms with Crippen molar-refractivity contribution >= 4 is 21.4 Å². The molecule has 2 aromatic carbocycles. The average molecular weight is 403 g/mol. The summed E-state index contributed by atoms with van der Waals surface area (Å²) in [4.78, 5) is 5.75. The standard InChI is InChI=1S/C20H22N2O3S2/c1-13-7-5-6-8-17(13)20-22-15(3)19(26-20)12-21-27(23,24)16-9-10-18(25-4)14(2)11-16/h5-11,21H,12H2,1-4H3. The zero-order chi connectivity index (χ0) is 19.6. The van der Waals surface area contributed by atoms with E-state index in [4.69, 9.17) is 4.74 Å². The minimum atomic E-state index is -3.61. The number of rotatable bonds is 6. The largest absolute Gasteiger partial charge is 0.496 e. The number of methoxy groups -OCH3 is 1. The first-order valence-electron chi connectivity index (χ1n) is 8.48. The third-order valence-corrected chi connectivity index (χ3v) is 6.96. The molecule has 1 aromatic heterocycles. The van der Waals surface area contributed by atoms with Crippen LogP contribution in [0.2, 0.25) is 0 Å². The van der Waals surface area contributed by atoms with E-state index in [9.17, 15) is 8.42 Å². The Hall–Kier alpha value is -2.22. The molecule has 0 amide bonds. The van der Waals surface area contributed by atoms with Crippen LogP contribution in [-0.4, -0.2) is 20.5 Å². The average Bonchev–Trinajstić information content (AvgIpc) is 3.01. The first-order valence-corrected chi connectivity index (χ1v) is 10.8. The molecule has 142 valence electrons. The van der Waals surface area contributed by atoms with E-state index in [1.807, 2.05) is 45.0 Å². The number of nitrogens with zero attached hydrogens (tertiary/aromatic N) is 1. The van der Waals surface area contributed by atoms with Gasteiger partial charge >= 0.3 is 0 Å². The van der Waals surface area contributed by atoms with Crippen LogP contribution in [-0.2, 0) is 16.6 Å². The van der Waals surface area contributed by atoms with Gasteiger partial charge in [0.2, 0.25) is 10.0 Å². The monoisotopic (exact) mass is 402 g/mol. The fraction of sp³-hybridized carbons (Fsp3) is 0.250. The lowest BCUT2D eigenvalue weighted by Gasteiger charge is -2.09. The van der Waals surface area contributed by atoms with Gasteiger partial charge in [-0.25, -0.2) is 18.1 Å². The van der Waals surface area contributed by atoms with Gasteiger partial charge in [0.15, 0.2) is 0 Å². The molecule has 5 nitrogen and oxygen atoms in total. The maximum atomic E-state index is 12.6. The number of benzene rings is 2. The summed E-state index contributed by atoms with van der Waals surface area (Å²) in [5.74, 6) is 0.662. The quantitative estimate of drug-likeness (QED) is 0.670. The Labute approximate surface area is 164 Å². The third kappa shape index (κ3) is 4.21. The first-order chi connectivity index (χ1) is 12.8. The van der Waals surface area contributed by atoms with Crippen molar-refractivity contribution in [2.75, 3.05) is 7.11 Å². The highest BCUT2D eigenvalue weighted by molar-refractivity contribution is 7.89. The highest BCUT2D eigenvalue weighted by Gasteiger charge is 2.18. The Morgan fingerprint density at radius 3 is 2.48 bits per heavy atom. The smallest absolute Gasteiger partial charge is 0.240 e. The van der Waals surface area contributed by atoms with E-state index in [0.717, 1.165) is 32.3 Å². The van der Waals surface area contributed by atoms with Gasteiger partial charge < -0.3 is 4.74 Å². The van der Waals surface area contributed by atoms with Crippen LogP contribution in [0, 0.1) is 20.8 Å². The summed E-state index contributed by atoms with van der Waals surface area (Å²) >= 11 is 1.51. The maximum Gasteiger partial charge on any atom is 0.240 e. The lowest BCUT2D eigenvalue weighted by atomic mass is 10.1. The molecular weight excluding hydrogens is 380 g/mol. The number of thiazole rings is 1. The van der Waals surface area contributed by atoms with Crippen LogP contribution in [0.4, 0.5) is 0 Å². The molecule has 27 heavy (non-hydrogen) atoms. The summed E-state index contributed by atoms with van der Waals surface area (Å²) in [6.45, 7) is 5.97. The van der Waals surface area contributed by atoms with Crippen LogP contribution in [0.3, 0.4) is 0 Å². The van der Waals surface area contributed by atoms with Crippen molar-refractivity contribution in [1.29, 1.82) is 0 Å². The first kappa shape index (κ1) is 19.5. The highest BCUT2D eigenvalue weighted by Crippen LogP contribution is 2.30. The number of ether oxygens (including phenoxy) is 1. The summed E-state index contributed by atoms with van der Waals surface area (Å²) < 4.78 is 33.1. The lowest BCUT2D eigenvalue weighted by molar-refractivity contribution is 0.411. The van der Waals surface area contributed by atoms with E-state index in [-0.39, 0.29) is 11.4 Å². The Morgan fingerprint density at radius 1 is 1.07 bits per heavy atom. The zero-order valence-electron chi connectivity index (χ0n) is 15.7. The molecule has 0 aliphatic carbocycles. The van der Waals surface area contributed by atoms with Gasteiger partial charge in [-0.05, 0) is 50.1 Å². The fourth-order valence-electron chi connectivity index (χ4n) is 2.78. The second-order valence-corrected chi connectivity index (χ2v) is 9.15. The summed E-state index contributed by atoms with van der Waals surface area (Å²) in [5, 5.41) is 0.903. The van der Waals surface area contributed by atoms with Crippen LogP contribution in [0.5, 0.6) is 5.75 Å². The Kier molecular flexibility index (Phi) is 5.64. The molecule has 0 bridgehead atoms. The van der Waals surface area contributed by atoms with Crippen LogP contribution in [0.25, 0.3) is 10.6 Å². The van der Waals surface area contributed by atoms with Crippen molar-refractivity contribution in [2.24, 2.45) is 0 Å². The summed E-state index contributed by atoms with van der Waals surface area (Å²) in [6.07, 6.45) is 0. The van der Waals surface area contributed by atoms with E-state index in [1.54, 1.807) is 25.3 Å². The molecule has 1 heterocycles. The van der Waals surface area contributed by atoms with Gasteiger partial charge in [-0.3, -0.25) is 0 Å². The fourth-order valence-corrected chi connectivity index (χ4v) is 5.05. The van der Waals surface area contributed by atoms with Crippen molar-refractivity contribution < 1.29 is 13.2 Å². The van der Waals surface area contributed by atoms with Gasteiger partial charge in [0.25, 0.3) is 0 Å². The Morgan fingerprint density at radius 2 is 1.81 bits per heavy atom. The topological polar surface area (TPSA) is 68.3 Å². The zero-order valence-corrected chi connectivity index (χ0v) is 17.4. The number of hydrogen-bond acceptors (Lipinski definition) is 5. The van der Waals surface area contributed by atoms with Crippen LogP contribution in [0.1, 0.15) is 21.7 Å². The van der Waals surface area contributed by atoms with E-state index >= 15 is 0 Å². The van der Waals surface area contributed by atoms with Crippen LogP contribution < -0.4 is 9.46 Å². The molecule has 0 unspecified atom stereocenters. The van der Waals surface area contributed by atoms with Crippen molar-refractivity contribution in [2.45, 2.75) is 32.2 Å². The Bertz CT molecular complexity index is 1070. The van der Waals surface area contributed by atoms with E-state index in [0.29, 0.717) is 5.75 Å². The van der Waals surface area contributed by atoms with Crippen molar-refractivity contribution in [3.05, 3.63) is 64.2 Å². The van der Waals surface area contributed by atoms with E-state index < -0.39 is 10.0 Å². The van der Waals surface area contributed by atoms with Crippen LogP contribution >= 0.6 is 11.3 Å². The van der Waals surface area contributed by atoms with E-state index in [2.05, 4.69) is 9.71 Å². The summed E-state index contributed by atoms with van der Waals surface area (Å²) in [6, 6.07) is 12.9. The van der Waals surface area contributed by atoms with Gasteiger partial charge in [-0.1, -0.05) is 24.3 Å². The number of aryl methyl sites for hydroxylation is 3. The predicted octanol–water partition coefficient (Wildman–Crippen LogP) is 4.22. The number of aromatic nitrogens is 1. The van der Waals surface area contributed by atoms with Crippen molar-refractivity contribution in [3.8, 4) is 16.3 Å². The molecule has 0 saturated carbocycles. The van der Waals surface area contributed by atoms with Gasteiger partial charge in [0, 0.05) is 17.0 Å². The normalized spacial score (nSPS) is 11.6. The third-order valence-electron chi connectivity index (χ3n) is 4.37. The molecule has 3 rings (SSSR count). The molecule has 7 heteroatoms. The van der Waals surface area contributed by atoms with Crippen molar-refractivity contribution in [3.63, 3.8) is 0 Å². The second-order valence-electron chi connectivity index (χ2n) is 6.30. The summed E-state index contributed by atoms with van der Waals surface area (Å²) in [5.41, 5.74) is 3.83. The number of hydrogen-bond donors (Lipinski definition) is 1. The minimum absolute atomic E-state index is 0.211. The number of sulfonamides is 1. The van der Waals surface area contributed by atoms with Gasteiger partial charge in [0.05, 0.1) is 17.7 Å². The molecule has 0 saturated heterocycles. The highest BCUT2D eigenvalue weighted by atomic mass is 32.2. The summed E-state index contributed by atoms with van der Waals surface area (Å²) in [7, 11) is -2.05. The van der Waals surface area contributed by atoms with Gasteiger partial charge in [-0.15, -0.1) is 11.3 Å². The van der Waals surface area contributed by atoms with Gasteiger partial charge in [0.1, 0.15) is 10.8 Å². The molecule has 0 spiro atoms. The molecule has 1 N–H and O–H groups in total. The SMILES string of the molecule is COc1ccc(S(=O)(=O)NCc2sc(-c3ccccc3C)nc2C)cc1C. The molecule has 3 aromatic rings. The predicted molar refractivity (Wildman–Crippen MR) is 109 cm³/mol. The molecule has 0 aliphatic heterocycles. The second kappa shape index (κ2) is 7.80. The molecule has 0 aliphatic rings. The molecule has 0 fully saturated rings.